The minimum Gasteiger partial charge on any atom is -0.211 e. The van der Waals surface area contributed by atoms with Crippen molar-refractivity contribution in [3.8, 4) is 0 Å². The zero-order valence-corrected chi connectivity index (χ0v) is 8.80. The molecule has 2 fully saturated rings. The van der Waals surface area contributed by atoms with E-state index in [4.69, 9.17) is 0 Å². The molecule has 78 valence electrons. The van der Waals surface area contributed by atoms with E-state index in [1.165, 1.54) is 44.9 Å². The van der Waals surface area contributed by atoms with Crippen LogP contribution in [0.15, 0.2) is 4.99 Å². The Balaban J connectivity index is 1.90. The SMILES string of the molecule is O=C=NC1CCC2(CCCCC2)CC1. The van der Waals surface area contributed by atoms with Crippen LogP contribution in [0.1, 0.15) is 57.8 Å². The highest BCUT2D eigenvalue weighted by atomic mass is 16.1. The number of isocyanates is 1. The topological polar surface area (TPSA) is 29.4 Å². The summed E-state index contributed by atoms with van der Waals surface area (Å²) in [5.74, 6) is 0. The summed E-state index contributed by atoms with van der Waals surface area (Å²) in [6.07, 6.45) is 13.6. The number of aliphatic imine (C=N–C) groups is 1. The fraction of sp³-hybridized carbons (Fsp3) is 0.917. The van der Waals surface area contributed by atoms with Gasteiger partial charge in [0.25, 0.3) is 0 Å². The van der Waals surface area contributed by atoms with Crippen molar-refractivity contribution in [3.05, 3.63) is 0 Å². The highest BCUT2D eigenvalue weighted by Crippen LogP contribution is 2.47. The molecule has 2 aliphatic carbocycles. The number of carbonyl (C=O) groups excluding carboxylic acids is 1. The molecule has 2 saturated carbocycles. The van der Waals surface area contributed by atoms with Gasteiger partial charge in [0.15, 0.2) is 0 Å². The second-order valence-corrected chi connectivity index (χ2v) is 5.01. The molecule has 2 nitrogen and oxygen atoms in total. The third-order valence-corrected chi connectivity index (χ3v) is 4.17. The first kappa shape index (κ1) is 9.92. The molecular formula is C12H19NO. The van der Waals surface area contributed by atoms with Crippen LogP contribution in [-0.2, 0) is 4.79 Å². The van der Waals surface area contributed by atoms with E-state index in [1.54, 1.807) is 6.08 Å². The van der Waals surface area contributed by atoms with E-state index in [2.05, 4.69) is 4.99 Å². The van der Waals surface area contributed by atoms with Crippen molar-refractivity contribution in [2.24, 2.45) is 10.4 Å². The van der Waals surface area contributed by atoms with E-state index in [9.17, 15) is 4.79 Å². The summed E-state index contributed by atoms with van der Waals surface area (Å²) in [7, 11) is 0. The summed E-state index contributed by atoms with van der Waals surface area (Å²) in [5, 5.41) is 0. The first-order chi connectivity index (χ1) is 6.85. The maximum atomic E-state index is 10.1. The Labute approximate surface area is 85.8 Å². The molecule has 0 heterocycles. The predicted octanol–water partition coefficient (Wildman–Crippen LogP) is 3.22. The molecule has 2 aliphatic rings. The van der Waals surface area contributed by atoms with Crippen molar-refractivity contribution in [1.82, 2.24) is 0 Å². The molecule has 0 saturated heterocycles. The van der Waals surface area contributed by atoms with Gasteiger partial charge in [0, 0.05) is 0 Å². The van der Waals surface area contributed by atoms with Crippen LogP contribution in [0, 0.1) is 5.41 Å². The Bertz CT molecular complexity index is 227. The minimum absolute atomic E-state index is 0.292. The Morgan fingerprint density at radius 2 is 1.64 bits per heavy atom. The zero-order valence-electron chi connectivity index (χ0n) is 8.80. The summed E-state index contributed by atoms with van der Waals surface area (Å²) in [4.78, 5) is 14.0. The first-order valence-electron chi connectivity index (χ1n) is 5.92. The average Bonchev–Trinajstić information content (AvgIpc) is 2.24. The largest absolute Gasteiger partial charge is 0.235 e. The standard InChI is InChI=1S/C12H19NO/c14-10-13-11-4-8-12(9-5-11)6-2-1-3-7-12/h11H,1-9H2. The van der Waals surface area contributed by atoms with E-state index >= 15 is 0 Å². The summed E-state index contributed by atoms with van der Waals surface area (Å²) in [5.41, 5.74) is 0.646. The van der Waals surface area contributed by atoms with Crippen molar-refractivity contribution in [2.75, 3.05) is 0 Å². The molecule has 0 aromatic carbocycles. The molecule has 1 spiro atoms. The molecule has 0 radical (unpaired) electrons. The Morgan fingerprint density at radius 1 is 1.00 bits per heavy atom. The van der Waals surface area contributed by atoms with Gasteiger partial charge in [0.1, 0.15) is 0 Å². The van der Waals surface area contributed by atoms with Gasteiger partial charge in [-0.15, -0.1) is 0 Å². The van der Waals surface area contributed by atoms with Crippen LogP contribution >= 0.6 is 0 Å². The van der Waals surface area contributed by atoms with E-state index in [0.717, 1.165) is 12.8 Å². The van der Waals surface area contributed by atoms with Gasteiger partial charge < -0.3 is 0 Å². The fourth-order valence-electron chi connectivity index (χ4n) is 3.22. The van der Waals surface area contributed by atoms with Gasteiger partial charge in [-0.25, -0.2) is 9.79 Å². The van der Waals surface area contributed by atoms with Crippen molar-refractivity contribution >= 4 is 6.08 Å². The van der Waals surface area contributed by atoms with Crippen LogP contribution in [0.5, 0.6) is 0 Å². The van der Waals surface area contributed by atoms with Crippen LogP contribution in [0.2, 0.25) is 0 Å². The molecule has 0 unspecified atom stereocenters. The minimum atomic E-state index is 0.292. The molecule has 14 heavy (non-hydrogen) atoms. The number of nitrogens with zero attached hydrogens (tertiary/aromatic N) is 1. The van der Waals surface area contributed by atoms with Gasteiger partial charge in [-0.1, -0.05) is 19.3 Å². The normalized spacial score (nSPS) is 27.1. The quantitative estimate of drug-likeness (QED) is 0.464. The summed E-state index contributed by atoms with van der Waals surface area (Å²) in [6, 6.07) is 0.292. The van der Waals surface area contributed by atoms with Crippen LogP contribution in [0.4, 0.5) is 0 Å². The Kier molecular flexibility index (Phi) is 3.02. The van der Waals surface area contributed by atoms with Gasteiger partial charge in [-0.2, -0.15) is 0 Å². The van der Waals surface area contributed by atoms with Crippen LogP contribution in [-0.4, -0.2) is 12.1 Å². The first-order valence-corrected chi connectivity index (χ1v) is 5.92. The van der Waals surface area contributed by atoms with Gasteiger partial charge >= 0.3 is 0 Å². The molecule has 0 aliphatic heterocycles. The molecule has 0 atom stereocenters. The van der Waals surface area contributed by atoms with Gasteiger partial charge in [-0.05, 0) is 43.9 Å². The lowest BCUT2D eigenvalue weighted by atomic mass is 9.64. The smallest absolute Gasteiger partial charge is 0.211 e. The van der Waals surface area contributed by atoms with Crippen molar-refractivity contribution in [1.29, 1.82) is 0 Å². The van der Waals surface area contributed by atoms with Crippen molar-refractivity contribution in [2.45, 2.75) is 63.8 Å². The lowest BCUT2D eigenvalue weighted by Crippen LogP contribution is -2.30. The molecular weight excluding hydrogens is 174 g/mol. The van der Waals surface area contributed by atoms with Crippen LogP contribution in [0.25, 0.3) is 0 Å². The second-order valence-electron chi connectivity index (χ2n) is 5.01. The molecule has 0 aromatic rings. The summed E-state index contributed by atoms with van der Waals surface area (Å²) < 4.78 is 0. The van der Waals surface area contributed by atoms with Gasteiger partial charge in [0.05, 0.1) is 6.04 Å². The number of hydrogen-bond donors (Lipinski definition) is 0. The lowest BCUT2D eigenvalue weighted by Gasteiger charge is -2.41. The Hall–Kier alpha value is -0.620. The zero-order chi connectivity index (χ0) is 9.86. The second kappa shape index (κ2) is 4.27. The highest BCUT2D eigenvalue weighted by molar-refractivity contribution is 5.33. The van der Waals surface area contributed by atoms with Crippen molar-refractivity contribution < 1.29 is 4.79 Å². The fourth-order valence-corrected chi connectivity index (χ4v) is 3.22. The molecule has 0 bridgehead atoms. The summed E-state index contributed by atoms with van der Waals surface area (Å²) >= 11 is 0. The van der Waals surface area contributed by atoms with Gasteiger partial charge in [0.2, 0.25) is 6.08 Å². The summed E-state index contributed by atoms with van der Waals surface area (Å²) in [6.45, 7) is 0. The molecule has 0 aromatic heterocycles. The van der Waals surface area contributed by atoms with Crippen LogP contribution in [0.3, 0.4) is 0 Å². The number of rotatable bonds is 1. The monoisotopic (exact) mass is 193 g/mol. The molecule has 0 amide bonds. The number of hydrogen-bond acceptors (Lipinski definition) is 2. The van der Waals surface area contributed by atoms with E-state index in [0.29, 0.717) is 11.5 Å². The molecule has 2 heteroatoms. The van der Waals surface area contributed by atoms with Crippen molar-refractivity contribution in [3.63, 3.8) is 0 Å². The Morgan fingerprint density at radius 3 is 2.21 bits per heavy atom. The highest BCUT2D eigenvalue weighted by Gasteiger charge is 2.35. The third kappa shape index (κ3) is 2.06. The predicted molar refractivity (Wildman–Crippen MR) is 55.9 cm³/mol. The van der Waals surface area contributed by atoms with Gasteiger partial charge in [-0.3, -0.25) is 0 Å². The molecule has 0 N–H and O–H groups in total. The van der Waals surface area contributed by atoms with E-state index < -0.39 is 0 Å². The third-order valence-electron chi connectivity index (χ3n) is 4.17. The van der Waals surface area contributed by atoms with E-state index in [1.807, 2.05) is 0 Å². The van der Waals surface area contributed by atoms with E-state index in [-0.39, 0.29) is 0 Å². The van der Waals surface area contributed by atoms with Crippen LogP contribution < -0.4 is 0 Å². The average molecular weight is 193 g/mol. The molecule has 2 rings (SSSR count). The maximum absolute atomic E-state index is 10.1. The maximum Gasteiger partial charge on any atom is 0.235 e. The lowest BCUT2D eigenvalue weighted by molar-refractivity contribution is 0.115.